The van der Waals surface area contributed by atoms with Gasteiger partial charge in [-0.3, -0.25) is 14.6 Å². The van der Waals surface area contributed by atoms with Gasteiger partial charge in [0, 0.05) is 29.9 Å². The summed E-state index contributed by atoms with van der Waals surface area (Å²) in [6, 6.07) is 10.6. The summed E-state index contributed by atoms with van der Waals surface area (Å²) in [4.78, 5) is 33.7. The van der Waals surface area contributed by atoms with Crippen molar-refractivity contribution in [1.82, 2.24) is 15.2 Å². The van der Waals surface area contributed by atoms with Gasteiger partial charge in [-0.2, -0.15) is 0 Å². The Hall–Kier alpha value is -2.93. The second-order valence-corrected chi connectivity index (χ2v) is 9.01. The van der Waals surface area contributed by atoms with Crippen molar-refractivity contribution in [2.45, 2.75) is 57.7 Å². The lowest BCUT2D eigenvalue weighted by Crippen LogP contribution is -2.46. The van der Waals surface area contributed by atoms with Crippen LogP contribution in [0.3, 0.4) is 0 Å². The molecule has 4 rings (SSSR count). The van der Waals surface area contributed by atoms with Crippen LogP contribution in [0.25, 0.3) is 0 Å². The molecule has 162 valence electrons. The normalized spacial score (nSPS) is 15.0. The first kappa shape index (κ1) is 21.3. The molecule has 0 bridgehead atoms. The van der Waals surface area contributed by atoms with Crippen LogP contribution in [0.2, 0.25) is 0 Å². The van der Waals surface area contributed by atoms with Crippen LogP contribution < -0.4 is 5.32 Å². The van der Waals surface area contributed by atoms with Crippen LogP contribution in [0.4, 0.5) is 0 Å². The Kier molecular flexibility index (Phi) is 6.82. The minimum atomic E-state index is -0.832. The van der Waals surface area contributed by atoms with Crippen molar-refractivity contribution in [2.24, 2.45) is 0 Å². The third-order valence-electron chi connectivity index (χ3n) is 5.59. The van der Waals surface area contributed by atoms with Gasteiger partial charge in [0.15, 0.2) is 6.04 Å². The molecule has 1 aliphatic rings. The molecular formula is C24H27N3O3S. The molecule has 1 saturated carbocycles. The molecule has 1 fully saturated rings. The summed E-state index contributed by atoms with van der Waals surface area (Å²) in [5, 5.41) is 5.11. The molecule has 3 heterocycles. The van der Waals surface area contributed by atoms with Crippen LogP contribution in [0.5, 0.6) is 0 Å². The van der Waals surface area contributed by atoms with Crippen LogP contribution in [0.15, 0.2) is 58.6 Å². The Bertz CT molecular complexity index is 994. The van der Waals surface area contributed by atoms with Crippen molar-refractivity contribution in [2.75, 3.05) is 0 Å². The number of hydrogen-bond acceptors (Lipinski definition) is 5. The number of hydrogen-bond donors (Lipinski definition) is 1. The van der Waals surface area contributed by atoms with E-state index in [2.05, 4.69) is 10.3 Å². The fraction of sp³-hybridized carbons (Fsp3) is 0.375. The second kappa shape index (κ2) is 9.92. The minimum absolute atomic E-state index is 0.119. The Morgan fingerprint density at radius 2 is 2.06 bits per heavy atom. The lowest BCUT2D eigenvalue weighted by molar-refractivity contribution is -0.142. The Morgan fingerprint density at radius 3 is 2.71 bits per heavy atom. The molecule has 3 aromatic rings. The van der Waals surface area contributed by atoms with Crippen LogP contribution in [0.1, 0.15) is 53.7 Å². The predicted octanol–water partition coefficient (Wildman–Crippen LogP) is 4.42. The Morgan fingerprint density at radius 1 is 1.23 bits per heavy atom. The van der Waals surface area contributed by atoms with Gasteiger partial charge in [0.05, 0.1) is 6.42 Å². The van der Waals surface area contributed by atoms with Crippen molar-refractivity contribution < 1.29 is 14.0 Å². The average molecular weight is 438 g/mol. The Labute approximate surface area is 186 Å². The first-order valence-corrected chi connectivity index (χ1v) is 11.6. The van der Waals surface area contributed by atoms with E-state index in [1.807, 2.05) is 42.6 Å². The van der Waals surface area contributed by atoms with E-state index in [0.717, 1.165) is 36.1 Å². The summed E-state index contributed by atoms with van der Waals surface area (Å²) in [6.07, 6.45) is 7.85. The molecule has 7 heteroatoms. The van der Waals surface area contributed by atoms with Gasteiger partial charge in [0.25, 0.3) is 5.91 Å². The second-order valence-electron chi connectivity index (χ2n) is 7.98. The maximum absolute atomic E-state index is 13.5. The predicted molar refractivity (Wildman–Crippen MR) is 119 cm³/mol. The van der Waals surface area contributed by atoms with E-state index >= 15 is 0 Å². The number of amides is 2. The first-order chi connectivity index (χ1) is 15.1. The molecule has 1 N–H and O–H groups in total. The highest BCUT2D eigenvalue weighted by atomic mass is 32.1. The molecule has 0 spiro atoms. The molecule has 0 aromatic carbocycles. The number of aromatic nitrogens is 1. The molecular weight excluding hydrogens is 410 g/mol. The molecule has 6 nitrogen and oxygen atoms in total. The molecule has 31 heavy (non-hydrogen) atoms. The number of thiophene rings is 1. The highest BCUT2D eigenvalue weighted by Gasteiger charge is 2.35. The van der Waals surface area contributed by atoms with E-state index in [1.165, 1.54) is 11.3 Å². The van der Waals surface area contributed by atoms with Gasteiger partial charge in [-0.15, -0.1) is 11.3 Å². The van der Waals surface area contributed by atoms with Crippen molar-refractivity contribution in [3.8, 4) is 0 Å². The first-order valence-electron chi connectivity index (χ1n) is 10.7. The number of pyridine rings is 1. The molecule has 0 aliphatic heterocycles. The molecule has 2 amide bonds. The number of nitrogens with one attached hydrogen (secondary N) is 1. The largest absolute Gasteiger partial charge is 0.464 e. The van der Waals surface area contributed by atoms with Gasteiger partial charge in [-0.05, 0) is 55.0 Å². The SMILES string of the molecule is Cc1ccc(C(C(=O)NC2CCCC2)N(Cc2cccnc2)C(=O)Cc2cccs2)o1. The molecule has 1 unspecified atom stereocenters. The van der Waals surface area contributed by atoms with Crippen molar-refractivity contribution in [3.05, 3.63) is 76.1 Å². The van der Waals surface area contributed by atoms with Gasteiger partial charge in [0.1, 0.15) is 11.5 Å². The third kappa shape index (κ3) is 5.41. The molecule has 0 radical (unpaired) electrons. The topological polar surface area (TPSA) is 75.4 Å². The zero-order valence-corrected chi connectivity index (χ0v) is 18.4. The van der Waals surface area contributed by atoms with Crippen LogP contribution in [0, 0.1) is 6.92 Å². The van der Waals surface area contributed by atoms with Gasteiger partial charge >= 0.3 is 0 Å². The highest BCUT2D eigenvalue weighted by Crippen LogP contribution is 2.28. The summed E-state index contributed by atoms with van der Waals surface area (Å²) in [6.45, 7) is 2.12. The van der Waals surface area contributed by atoms with Crippen molar-refractivity contribution >= 4 is 23.2 Å². The van der Waals surface area contributed by atoms with Crippen molar-refractivity contribution in [1.29, 1.82) is 0 Å². The summed E-state index contributed by atoms with van der Waals surface area (Å²) < 4.78 is 5.87. The standard InChI is InChI=1S/C24H27N3O3S/c1-17-10-11-21(30-17)23(24(29)26-19-7-2-3-8-19)27(16-18-6-4-12-25-15-18)22(28)14-20-9-5-13-31-20/h4-6,9-13,15,19,23H,2-3,7-8,14,16H2,1H3,(H,26,29). The summed E-state index contributed by atoms with van der Waals surface area (Å²) in [7, 11) is 0. The van der Waals surface area contributed by atoms with E-state index in [0.29, 0.717) is 11.5 Å². The maximum atomic E-state index is 13.5. The number of rotatable bonds is 8. The molecule has 1 aliphatic carbocycles. The number of carbonyl (C=O) groups is 2. The lowest BCUT2D eigenvalue weighted by atomic mass is 10.1. The van der Waals surface area contributed by atoms with Crippen molar-refractivity contribution in [3.63, 3.8) is 0 Å². The number of nitrogens with zero attached hydrogens (tertiary/aromatic N) is 2. The summed E-state index contributed by atoms with van der Waals surface area (Å²) in [5.41, 5.74) is 0.865. The van der Waals surface area contributed by atoms with Crippen LogP contribution in [-0.4, -0.2) is 27.7 Å². The van der Waals surface area contributed by atoms with Crippen LogP contribution in [-0.2, 0) is 22.6 Å². The van der Waals surface area contributed by atoms with Gasteiger partial charge in [-0.1, -0.05) is 25.0 Å². The average Bonchev–Trinajstić information content (AvgIpc) is 3.53. The van der Waals surface area contributed by atoms with Crippen LogP contribution >= 0.6 is 11.3 Å². The zero-order valence-electron chi connectivity index (χ0n) is 17.6. The number of furan rings is 1. The molecule has 0 saturated heterocycles. The highest BCUT2D eigenvalue weighted by molar-refractivity contribution is 7.10. The lowest BCUT2D eigenvalue weighted by Gasteiger charge is -2.31. The van der Waals surface area contributed by atoms with E-state index < -0.39 is 6.04 Å². The Balaban J connectivity index is 1.66. The molecule has 3 aromatic heterocycles. The van der Waals surface area contributed by atoms with E-state index in [4.69, 9.17) is 4.42 Å². The van der Waals surface area contributed by atoms with Gasteiger partial charge in [-0.25, -0.2) is 0 Å². The summed E-state index contributed by atoms with van der Waals surface area (Å²) in [5.74, 6) is 0.883. The monoisotopic (exact) mass is 437 g/mol. The fourth-order valence-electron chi connectivity index (χ4n) is 4.05. The third-order valence-corrected chi connectivity index (χ3v) is 6.47. The van der Waals surface area contributed by atoms with E-state index in [-0.39, 0.29) is 30.8 Å². The summed E-state index contributed by atoms with van der Waals surface area (Å²) >= 11 is 1.54. The maximum Gasteiger partial charge on any atom is 0.250 e. The number of carbonyl (C=O) groups excluding carboxylic acids is 2. The quantitative estimate of drug-likeness (QED) is 0.566. The van der Waals surface area contributed by atoms with E-state index in [1.54, 1.807) is 23.4 Å². The smallest absolute Gasteiger partial charge is 0.250 e. The van der Waals surface area contributed by atoms with E-state index in [9.17, 15) is 9.59 Å². The molecule has 1 atom stereocenters. The fourth-order valence-corrected chi connectivity index (χ4v) is 4.75. The van der Waals surface area contributed by atoms with Gasteiger partial charge < -0.3 is 14.6 Å². The number of aryl methyl sites for hydroxylation is 1. The zero-order chi connectivity index (χ0) is 21.6. The van der Waals surface area contributed by atoms with Gasteiger partial charge in [0.2, 0.25) is 5.91 Å². The minimum Gasteiger partial charge on any atom is -0.464 e.